The van der Waals surface area contributed by atoms with Crippen molar-refractivity contribution in [2.45, 2.75) is 88.7 Å². The fourth-order valence-electron chi connectivity index (χ4n) is 7.74. The molecule has 1 heterocycles. The molecule has 1 amide bonds. The number of rotatable bonds is 17. The van der Waals surface area contributed by atoms with Crippen molar-refractivity contribution in [1.82, 2.24) is 4.90 Å². The van der Waals surface area contributed by atoms with Crippen LogP contribution in [0.5, 0.6) is 34.5 Å². The largest absolute Gasteiger partial charge is 0.508 e. The van der Waals surface area contributed by atoms with E-state index in [1.165, 1.54) is 0 Å². The van der Waals surface area contributed by atoms with Gasteiger partial charge in [-0.05, 0) is 104 Å². The molecule has 2 fully saturated rings. The zero-order valence-electron chi connectivity index (χ0n) is 31.5. The Hall–Kier alpha value is -4.64. The number of piperidine rings is 1. The number of esters is 1. The van der Waals surface area contributed by atoms with Crippen LogP contribution < -0.4 is 23.7 Å². The number of benzene rings is 3. The predicted octanol–water partition coefficient (Wildman–Crippen LogP) is 7.15. The first kappa shape index (κ1) is 39.6. The summed E-state index contributed by atoms with van der Waals surface area (Å²) in [6, 6.07) is 15.4. The number of aliphatic hydroxyl groups excluding tert-OH is 1. The van der Waals surface area contributed by atoms with E-state index in [9.17, 15) is 19.8 Å². The quantitative estimate of drug-likeness (QED) is 0.109. The first-order valence-corrected chi connectivity index (χ1v) is 18.8. The van der Waals surface area contributed by atoms with E-state index in [0.29, 0.717) is 66.5 Å². The molecular weight excluding hydrogens is 678 g/mol. The third-order valence-electron chi connectivity index (χ3n) is 10.5. The molecule has 53 heavy (non-hydrogen) atoms. The SMILES string of the molecule is COc1ccc(CCC(OC(=O)C2CCCCN2C(=O)[C@H](c2cc(OC)c(OCCCO)c(OC)c2)C2CCCCC2)c2cccc(O)c2)cc1OC. The minimum Gasteiger partial charge on any atom is -0.508 e. The summed E-state index contributed by atoms with van der Waals surface area (Å²) in [5.74, 6) is 1.63. The second-order valence-corrected chi connectivity index (χ2v) is 13.8. The first-order chi connectivity index (χ1) is 25.8. The van der Waals surface area contributed by atoms with Crippen molar-refractivity contribution in [2.75, 3.05) is 48.2 Å². The van der Waals surface area contributed by atoms with Crippen LogP contribution in [0.1, 0.15) is 92.9 Å². The van der Waals surface area contributed by atoms with Gasteiger partial charge in [-0.2, -0.15) is 0 Å². The zero-order chi connectivity index (χ0) is 37.7. The van der Waals surface area contributed by atoms with E-state index >= 15 is 0 Å². The van der Waals surface area contributed by atoms with Crippen LogP contribution >= 0.6 is 0 Å². The third-order valence-corrected chi connectivity index (χ3v) is 10.5. The fourth-order valence-corrected chi connectivity index (χ4v) is 7.74. The van der Waals surface area contributed by atoms with Crippen LogP contribution in [0.25, 0.3) is 0 Å². The number of likely N-dealkylation sites (tertiary alicyclic amines) is 1. The number of hydrogen-bond donors (Lipinski definition) is 2. The molecule has 1 aliphatic carbocycles. The molecule has 288 valence electrons. The highest BCUT2D eigenvalue weighted by Gasteiger charge is 2.41. The lowest BCUT2D eigenvalue weighted by Crippen LogP contribution is -2.51. The first-order valence-electron chi connectivity index (χ1n) is 18.8. The predicted molar refractivity (Wildman–Crippen MR) is 200 cm³/mol. The fraction of sp³-hybridized carbons (Fsp3) is 0.524. The number of aryl methyl sites for hydroxylation is 1. The van der Waals surface area contributed by atoms with Crippen molar-refractivity contribution in [3.8, 4) is 34.5 Å². The number of nitrogens with zero attached hydrogens (tertiary/aromatic N) is 1. The molecule has 11 nitrogen and oxygen atoms in total. The Morgan fingerprint density at radius 3 is 2.15 bits per heavy atom. The number of ether oxygens (including phenoxy) is 6. The molecule has 1 aliphatic heterocycles. The molecule has 3 atom stereocenters. The Labute approximate surface area is 313 Å². The number of aliphatic hydroxyl groups is 1. The molecule has 0 radical (unpaired) electrons. The summed E-state index contributed by atoms with van der Waals surface area (Å²) < 4.78 is 34.7. The lowest BCUT2D eigenvalue weighted by Gasteiger charge is -2.40. The van der Waals surface area contributed by atoms with Gasteiger partial charge in [-0.1, -0.05) is 37.5 Å². The van der Waals surface area contributed by atoms with E-state index in [1.807, 2.05) is 36.4 Å². The highest BCUT2D eigenvalue weighted by atomic mass is 16.5. The van der Waals surface area contributed by atoms with Gasteiger partial charge in [0.25, 0.3) is 0 Å². The maximum Gasteiger partial charge on any atom is 0.329 e. The second-order valence-electron chi connectivity index (χ2n) is 13.8. The summed E-state index contributed by atoms with van der Waals surface area (Å²) in [6.45, 7) is 0.719. The lowest BCUT2D eigenvalue weighted by atomic mass is 9.75. The summed E-state index contributed by atoms with van der Waals surface area (Å²) in [6.07, 6.45) is 7.85. The molecule has 1 saturated heterocycles. The van der Waals surface area contributed by atoms with Crippen molar-refractivity contribution in [1.29, 1.82) is 0 Å². The molecule has 2 unspecified atom stereocenters. The summed E-state index contributed by atoms with van der Waals surface area (Å²) in [7, 11) is 6.29. The molecule has 1 saturated carbocycles. The molecule has 5 rings (SSSR count). The van der Waals surface area contributed by atoms with E-state index in [0.717, 1.165) is 56.1 Å². The molecule has 11 heteroatoms. The van der Waals surface area contributed by atoms with Crippen molar-refractivity contribution in [3.05, 3.63) is 71.3 Å². The number of aromatic hydroxyl groups is 1. The summed E-state index contributed by atoms with van der Waals surface area (Å²) in [5.41, 5.74) is 2.41. The monoisotopic (exact) mass is 733 g/mol. The number of methoxy groups -OCH3 is 4. The van der Waals surface area contributed by atoms with Gasteiger partial charge in [0.05, 0.1) is 41.0 Å². The highest BCUT2D eigenvalue weighted by Crippen LogP contribution is 2.45. The number of phenols is 1. The van der Waals surface area contributed by atoms with Crippen LogP contribution in [0.3, 0.4) is 0 Å². The Morgan fingerprint density at radius 2 is 1.49 bits per heavy atom. The smallest absolute Gasteiger partial charge is 0.329 e. The van der Waals surface area contributed by atoms with Crippen LogP contribution in [-0.2, 0) is 20.7 Å². The molecular formula is C42H55NO10. The van der Waals surface area contributed by atoms with Crippen LogP contribution in [0, 0.1) is 5.92 Å². The Balaban J connectivity index is 1.43. The molecule has 2 N–H and O–H groups in total. The van der Waals surface area contributed by atoms with Crippen LogP contribution in [0.2, 0.25) is 0 Å². The molecule has 0 spiro atoms. The van der Waals surface area contributed by atoms with Crippen molar-refractivity contribution < 1.29 is 48.2 Å². The Morgan fingerprint density at radius 1 is 0.792 bits per heavy atom. The standard InChI is InChI=1S/C42H55NO10/c1-48-35-20-18-28(24-36(35)49-2)17-19-34(30-14-10-15-32(45)25-30)53-42(47)33-16-8-9-21-43(33)41(46)39(29-12-6-5-7-13-29)31-26-37(50-3)40(38(27-31)51-4)52-23-11-22-44/h10,14-15,18,20,24-27,29,33-34,39,44-45H,5-9,11-13,16-17,19,21-23H2,1-4H3/t33?,34?,39-/m0/s1. The van der Waals surface area contributed by atoms with E-state index in [4.69, 9.17) is 28.4 Å². The Bertz CT molecular complexity index is 1630. The summed E-state index contributed by atoms with van der Waals surface area (Å²) >= 11 is 0. The molecule has 0 bridgehead atoms. The van der Waals surface area contributed by atoms with Gasteiger partial charge in [0.2, 0.25) is 11.7 Å². The van der Waals surface area contributed by atoms with Crippen LogP contribution in [-0.4, -0.2) is 81.2 Å². The van der Waals surface area contributed by atoms with E-state index in [-0.39, 0.29) is 30.8 Å². The van der Waals surface area contributed by atoms with Gasteiger partial charge in [0, 0.05) is 19.6 Å². The van der Waals surface area contributed by atoms with Crippen molar-refractivity contribution >= 4 is 11.9 Å². The molecule has 2 aliphatic rings. The zero-order valence-corrected chi connectivity index (χ0v) is 31.5. The van der Waals surface area contributed by atoms with Gasteiger partial charge in [-0.3, -0.25) is 4.79 Å². The maximum atomic E-state index is 15.0. The van der Waals surface area contributed by atoms with Crippen molar-refractivity contribution in [3.63, 3.8) is 0 Å². The summed E-state index contributed by atoms with van der Waals surface area (Å²) in [5, 5.41) is 19.6. The van der Waals surface area contributed by atoms with Gasteiger partial charge in [0.1, 0.15) is 17.9 Å². The molecule has 0 aromatic heterocycles. The minimum atomic E-state index is -0.756. The Kier molecular flexibility index (Phi) is 14.5. The summed E-state index contributed by atoms with van der Waals surface area (Å²) in [4.78, 5) is 31.0. The number of carbonyl (C=O) groups excluding carboxylic acids is 2. The van der Waals surface area contributed by atoms with E-state index in [2.05, 4.69) is 0 Å². The third kappa shape index (κ3) is 9.87. The average Bonchev–Trinajstić information content (AvgIpc) is 3.19. The number of carbonyl (C=O) groups is 2. The van der Waals surface area contributed by atoms with Gasteiger partial charge < -0.3 is 43.5 Å². The van der Waals surface area contributed by atoms with Gasteiger partial charge >= 0.3 is 5.97 Å². The maximum absolute atomic E-state index is 15.0. The van der Waals surface area contributed by atoms with Gasteiger partial charge in [-0.25, -0.2) is 4.79 Å². The number of amides is 1. The topological polar surface area (TPSA) is 133 Å². The number of phenolic OH excluding ortho intramolecular Hbond substituents is 1. The minimum absolute atomic E-state index is 0.00707. The van der Waals surface area contributed by atoms with Crippen LogP contribution in [0.15, 0.2) is 54.6 Å². The van der Waals surface area contributed by atoms with Gasteiger partial charge in [0.15, 0.2) is 23.0 Å². The average molecular weight is 734 g/mol. The number of hydrogen-bond acceptors (Lipinski definition) is 10. The normalized spacial score (nSPS) is 17.4. The second kappa shape index (κ2) is 19.4. The highest BCUT2D eigenvalue weighted by molar-refractivity contribution is 5.89. The van der Waals surface area contributed by atoms with Gasteiger partial charge in [-0.15, -0.1) is 0 Å². The van der Waals surface area contributed by atoms with Crippen molar-refractivity contribution in [2.24, 2.45) is 5.92 Å². The van der Waals surface area contributed by atoms with E-state index < -0.39 is 24.0 Å². The lowest BCUT2D eigenvalue weighted by molar-refractivity contribution is -0.163. The van der Waals surface area contributed by atoms with Crippen LogP contribution in [0.4, 0.5) is 0 Å². The molecule has 3 aromatic carbocycles. The molecule has 3 aromatic rings. The van der Waals surface area contributed by atoms with E-state index in [1.54, 1.807) is 51.5 Å².